The number of carbonyl (C=O) groups is 3. The molecule has 0 spiro atoms. The van der Waals surface area contributed by atoms with Gasteiger partial charge in [-0.3, -0.25) is 19.0 Å². The molecule has 2 heterocycles. The maximum atomic E-state index is 12.7. The number of rotatable bonds is 8. The topological polar surface area (TPSA) is 131 Å². The predicted molar refractivity (Wildman–Crippen MR) is 92.1 cm³/mol. The molecule has 2 rings (SSSR count). The van der Waals surface area contributed by atoms with Gasteiger partial charge >= 0.3 is 12.1 Å². The maximum absolute atomic E-state index is 12.7. The first-order valence-electron chi connectivity index (χ1n) is 8.53. The van der Waals surface area contributed by atoms with Crippen molar-refractivity contribution < 1.29 is 32.7 Å². The van der Waals surface area contributed by atoms with Crippen molar-refractivity contribution in [2.75, 3.05) is 13.1 Å². The third-order valence-electron chi connectivity index (χ3n) is 3.94. The van der Waals surface area contributed by atoms with E-state index in [-0.39, 0.29) is 30.9 Å². The first kappa shape index (κ1) is 21.9. The van der Waals surface area contributed by atoms with Gasteiger partial charge in [0.2, 0.25) is 5.91 Å². The molecule has 158 valence electrons. The van der Waals surface area contributed by atoms with E-state index in [9.17, 15) is 27.6 Å². The van der Waals surface area contributed by atoms with Gasteiger partial charge in [-0.25, -0.2) is 4.79 Å². The largest absolute Gasteiger partial charge is 0.478 e. The normalized spacial score (nSPS) is 12.4. The average molecular weight is 416 g/mol. The zero-order chi connectivity index (χ0) is 21.8. The van der Waals surface area contributed by atoms with Crippen molar-refractivity contribution in [1.82, 2.24) is 30.2 Å². The van der Waals surface area contributed by atoms with Crippen LogP contribution in [0.15, 0.2) is 18.5 Å². The molecule has 1 atom stereocenters. The first-order chi connectivity index (χ1) is 13.5. The predicted octanol–water partition coefficient (Wildman–Crippen LogP) is 0.924. The quantitative estimate of drug-likeness (QED) is 0.549. The number of halogens is 3. The third kappa shape index (κ3) is 5.33. The monoisotopic (exact) mass is 416 g/mol. The molecular weight excluding hydrogens is 397 g/mol. The Kier molecular flexibility index (Phi) is 6.61. The Labute approximate surface area is 162 Å². The van der Waals surface area contributed by atoms with Crippen LogP contribution in [0.5, 0.6) is 0 Å². The van der Waals surface area contributed by atoms with E-state index in [1.165, 1.54) is 17.8 Å². The number of hydrogen-bond acceptors (Lipinski definition) is 5. The van der Waals surface area contributed by atoms with Crippen LogP contribution < -0.4 is 10.6 Å². The highest BCUT2D eigenvalue weighted by Gasteiger charge is 2.35. The molecule has 0 aliphatic rings. The van der Waals surface area contributed by atoms with Crippen molar-refractivity contribution in [3.05, 3.63) is 35.4 Å². The molecule has 3 N–H and O–H groups in total. The summed E-state index contributed by atoms with van der Waals surface area (Å²) in [5.41, 5.74) is -1.47. The Hall–Kier alpha value is -3.38. The molecule has 29 heavy (non-hydrogen) atoms. The van der Waals surface area contributed by atoms with Gasteiger partial charge in [-0.2, -0.15) is 23.4 Å². The summed E-state index contributed by atoms with van der Waals surface area (Å²) in [6.07, 6.45) is -2.34. The van der Waals surface area contributed by atoms with Crippen LogP contribution >= 0.6 is 0 Å². The molecule has 0 aromatic carbocycles. The standard InChI is InChI=1S/C16H19F3N6O4/c1-3-24-11(6-12(23-24)16(17,18)19)14(27)21-5-4-20-13(26)9(2)25-8-10(7-22-25)15(28)29/h6-9H,3-5H2,1-2H3,(H,20,26)(H,21,27)(H,28,29). The fraction of sp³-hybridized carbons (Fsp3) is 0.438. The number of carbonyl (C=O) groups excluding carboxylic acids is 2. The summed E-state index contributed by atoms with van der Waals surface area (Å²) in [5.74, 6) is -2.40. The fourth-order valence-corrected chi connectivity index (χ4v) is 2.36. The van der Waals surface area contributed by atoms with Gasteiger partial charge in [0, 0.05) is 31.9 Å². The highest BCUT2D eigenvalue weighted by molar-refractivity contribution is 5.92. The lowest BCUT2D eigenvalue weighted by Crippen LogP contribution is -2.38. The van der Waals surface area contributed by atoms with Crippen LogP contribution in [0, 0.1) is 0 Å². The van der Waals surface area contributed by atoms with Gasteiger partial charge in [0.1, 0.15) is 11.7 Å². The number of aryl methyl sites for hydroxylation is 1. The van der Waals surface area contributed by atoms with Gasteiger partial charge in [0.05, 0.1) is 11.8 Å². The van der Waals surface area contributed by atoms with E-state index in [2.05, 4.69) is 20.8 Å². The molecule has 0 aliphatic carbocycles. The van der Waals surface area contributed by atoms with E-state index in [0.29, 0.717) is 6.07 Å². The maximum Gasteiger partial charge on any atom is 0.435 e. The Balaban J connectivity index is 1.86. The minimum Gasteiger partial charge on any atom is -0.478 e. The van der Waals surface area contributed by atoms with E-state index >= 15 is 0 Å². The average Bonchev–Trinajstić information content (AvgIpc) is 3.30. The van der Waals surface area contributed by atoms with Gasteiger partial charge in [-0.05, 0) is 13.8 Å². The second kappa shape index (κ2) is 8.75. The Bertz CT molecular complexity index is 905. The number of nitrogens with zero attached hydrogens (tertiary/aromatic N) is 4. The smallest absolute Gasteiger partial charge is 0.435 e. The molecule has 1 unspecified atom stereocenters. The van der Waals surface area contributed by atoms with Gasteiger partial charge in [-0.1, -0.05) is 0 Å². The SMILES string of the molecule is CCn1nc(C(F)(F)F)cc1C(=O)NCCNC(=O)C(C)n1cc(C(=O)O)cn1. The van der Waals surface area contributed by atoms with Crippen LogP contribution in [-0.4, -0.2) is 55.5 Å². The molecule has 0 fully saturated rings. The highest BCUT2D eigenvalue weighted by atomic mass is 19.4. The second-order valence-corrected chi connectivity index (χ2v) is 5.97. The number of carboxylic acid groups (broad SMARTS) is 1. The van der Waals surface area contributed by atoms with Crippen LogP contribution in [0.4, 0.5) is 13.2 Å². The summed E-state index contributed by atoms with van der Waals surface area (Å²) in [6, 6.07) is -0.133. The van der Waals surface area contributed by atoms with E-state index < -0.39 is 35.7 Å². The lowest BCUT2D eigenvalue weighted by molar-refractivity contribution is -0.141. The van der Waals surface area contributed by atoms with Crippen molar-refractivity contribution in [2.24, 2.45) is 0 Å². The van der Waals surface area contributed by atoms with Gasteiger partial charge in [0.25, 0.3) is 5.91 Å². The minimum absolute atomic E-state index is 0.00829. The molecule has 0 aliphatic heterocycles. The third-order valence-corrected chi connectivity index (χ3v) is 3.94. The van der Waals surface area contributed by atoms with Crippen LogP contribution in [0.2, 0.25) is 0 Å². The Morgan fingerprint density at radius 2 is 1.90 bits per heavy atom. The Morgan fingerprint density at radius 1 is 1.24 bits per heavy atom. The summed E-state index contributed by atoms with van der Waals surface area (Å²) in [7, 11) is 0. The molecule has 0 saturated carbocycles. The van der Waals surface area contributed by atoms with Gasteiger partial charge < -0.3 is 15.7 Å². The summed E-state index contributed by atoms with van der Waals surface area (Å²) in [4.78, 5) is 35.0. The lowest BCUT2D eigenvalue weighted by atomic mass is 10.3. The first-order valence-corrected chi connectivity index (χ1v) is 8.53. The number of amides is 2. The number of carboxylic acids is 1. The number of nitrogens with one attached hydrogen (secondary N) is 2. The van der Waals surface area contributed by atoms with Gasteiger partial charge in [0.15, 0.2) is 5.69 Å². The molecule has 0 saturated heterocycles. The van der Waals surface area contributed by atoms with E-state index in [1.807, 2.05) is 0 Å². The number of aromatic nitrogens is 4. The molecule has 2 amide bonds. The molecule has 2 aromatic rings. The van der Waals surface area contributed by atoms with Crippen molar-refractivity contribution >= 4 is 17.8 Å². The Morgan fingerprint density at radius 3 is 2.45 bits per heavy atom. The molecule has 0 radical (unpaired) electrons. The highest BCUT2D eigenvalue weighted by Crippen LogP contribution is 2.28. The van der Waals surface area contributed by atoms with E-state index in [1.54, 1.807) is 6.92 Å². The van der Waals surface area contributed by atoms with Crippen molar-refractivity contribution in [1.29, 1.82) is 0 Å². The molecule has 10 nitrogen and oxygen atoms in total. The minimum atomic E-state index is -4.66. The molecule has 0 bridgehead atoms. The van der Waals surface area contributed by atoms with Crippen LogP contribution in [-0.2, 0) is 17.5 Å². The fourth-order valence-electron chi connectivity index (χ4n) is 2.36. The van der Waals surface area contributed by atoms with Crippen LogP contribution in [0.25, 0.3) is 0 Å². The van der Waals surface area contributed by atoms with E-state index in [0.717, 1.165) is 10.9 Å². The summed E-state index contributed by atoms with van der Waals surface area (Å²) in [5, 5.41) is 20.9. The van der Waals surface area contributed by atoms with Crippen molar-refractivity contribution in [3.63, 3.8) is 0 Å². The van der Waals surface area contributed by atoms with Crippen molar-refractivity contribution in [2.45, 2.75) is 32.6 Å². The zero-order valence-electron chi connectivity index (χ0n) is 15.5. The number of aromatic carboxylic acids is 1. The van der Waals surface area contributed by atoms with Crippen LogP contribution in [0.1, 0.15) is 46.4 Å². The molecular formula is C16H19F3N6O4. The summed E-state index contributed by atoms with van der Waals surface area (Å²) in [6.45, 7) is 3.11. The number of alkyl halides is 3. The van der Waals surface area contributed by atoms with Crippen LogP contribution in [0.3, 0.4) is 0 Å². The lowest BCUT2D eigenvalue weighted by Gasteiger charge is -2.13. The van der Waals surface area contributed by atoms with E-state index in [4.69, 9.17) is 5.11 Å². The molecule has 2 aromatic heterocycles. The molecule has 13 heteroatoms. The van der Waals surface area contributed by atoms with Crippen molar-refractivity contribution in [3.8, 4) is 0 Å². The van der Waals surface area contributed by atoms with Gasteiger partial charge in [-0.15, -0.1) is 0 Å². The zero-order valence-corrected chi connectivity index (χ0v) is 15.5. The second-order valence-electron chi connectivity index (χ2n) is 5.97. The summed E-state index contributed by atoms with van der Waals surface area (Å²) < 4.78 is 40.3. The summed E-state index contributed by atoms with van der Waals surface area (Å²) >= 11 is 0. The number of hydrogen-bond donors (Lipinski definition) is 3.